The van der Waals surface area contributed by atoms with Gasteiger partial charge in [0.2, 0.25) is 0 Å². The van der Waals surface area contributed by atoms with Gasteiger partial charge in [0.1, 0.15) is 6.07 Å². The van der Waals surface area contributed by atoms with Gasteiger partial charge in [0, 0.05) is 30.5 Å². The monoisotopic (exact) mass is 254 g/mol. The van der Waals surface area contributed by atoms with Gasteiger partial charge in [-0.1, -0.05) is 0 Å². The number of methoxy groups -OCH3 is 1. The largest absolute Gasteiger partial charge is 0.382 e. The molecule has 5 heteroatoms. The van der Waals surface area contributed by atoms with Gasteiger partial charge in [-0.15, -0.1) is 11.3 Å². The summed E-state index contributed by atoms with van der Waals surface area (Å²) in [4.78, 5) is 1.20. The predicted octanol–water partition coefficient (Wildman–Crippen LogP) is 1.76. The first-order chi connectivity index (χ1) is 8.36. The standard InChI is InChI=1S/C12H18N2O2S/c1-15-5-6-16-4-2-3-14-9-12-7-11(8-13)10-17-12/h7,10,14H,2-6,9H2,1H3. The summed E-state index contributed by atoms with van der Waals surface area (Å²) in [6.07, 6.45) is 0.986. The highest BCUT2D eigenvalue weighted by Gasteiger charge is 1.98. The van der Waals surface area contributed by atoms with Crippen LogP contribution in [0.5, 0.6) is 0 Å². The summed E-state index contributed by atoms with van der Waals surface area (Å²) in [5.74, 6) is 0. The Labute approximate surface area is 106 Å². The SMILES string of the molecule is COCCOCCCNCc1cc(C#N)cs1. The summed E-state index contributed by atoms with van der Waals surface area (Å²) in [7, 11) is 1.67. The Balaban J connectivity index is 1.95. The van der Waals surface area contributed by atoms with Crippen LogP contribution in [0.2, 0.25) is 0 Å². The second-order valence-corrected chi connectivity index (χ2v) is 4.54. The third kappa shape index (κ3) is 6.39. The van der Waals surface area contributed by atoms with Gasteiger partial charge in [-0.2, -0.15) is 5.26 Å². The van der Waals surface area contributed by atoms with Crippen LogP contribution in [0.15, 0.2) is 11.4 Å². The molecular formula is C12H18N2O2S. The van der Waals surface area contributed by atoms with E-state index in [9.17, 15) is 0 Å². The molecule has 0 aromatic carbocycles. The minimum absolute atomic E-state index is 0.652. The number of hydrogen-bond acceptors (Lipinski definition) is 5. The van der Waals surface area contributed by atoms with Crippen molar-refractivity contribution in [3.05, 3.63) is 21.9 Å². The third-order valence-electron chi connectivity index (χ3n) is 2.16. The topological polar surface area (TPSA) is 54.3 Å². The van der Waals surface area contributed by atoms with Crippen LogP contribution in [-0.2, 0) is 16.0 Å². The number of ether oxygens (including phenoxy) is 2. The van der Waals surface area contributed by atoms with Crippen molar-refractivity contribution in [2.75, 3.05) is 33.5 Å². The lowest BCUT2D eigenvalue weighted by molar-refractivity contribution is 0.0695. The maximum absolute atomic E-state index is 8.67. The Morgan fingerprint density at radius 3 is 3.00 bits per heavy atom. The average molecular weight is 254 g/mol. The maximum Gasteiger partial charge on any atom is 0.100 e. The minimum Gasteiger partial charge on any atom is -0.382 e. The van der Waals surface area contributed by atoms with Crippen molar-refractivity contribution in [2.24, 2.45) is 0 Å². The van der Waals surface area contributed by atoms with E-state index in [4.69, 9.17) is 14.7 Å². The predicted molar refractivity (Wildman–Crippen MR) is 68.1 cm³/mol. The number of thiophene rings is 1. The molecule has 0 aliphatic carbocycles. The van der Waals surface area contributed by atoms with Gasteiger partial charge < -0.3 is 14.8 Å². The molecule has 1 rings (SSSR count). The molecule has 1 heterocycles. The first kappa shape index (κ1) is 14.1. The van der Waals surface area contributed by atoms with E-state index in [1.54, 1.807) is 18.4 Å². The van der Waals surface area contributed by atoms with Crippen LogP contribution in [0.4, 0.5) is 0 Å². The summed E-state index contributed by atoms with van der Waals surface area (Å²) >= 11 is 1.62. The van der Waals surface area contributed by atoms with E-state index in [-0.39, 0.29) is 0 Å². The van der Waals surface area contributed by atoms with Crippen molar-refractivity contribution in [1.82, 2.24) is 5.32 Å². The average Bonchev–Trinajstić information content (AvgIpc) is 2.80. The first-order valence-electron chi connectivity index (χ1n) is 5.61. The Kier molecular flexibility index (Phi) is 7.60. The van der Waals surface area contributed by atoms with Crippen molar-refractivity contribution in [1.29, 1.82) is 5.26 Å². The molecule has 1 aromatic heterocycles. The summed E-state index contributed by atoms with van der Waals surface area (Å²) in [5, 5.41) is 13.9. The van der Waals surface area contributed by atoms with Gasteiger partial charge >= 0.3 is 0 Å². The van der Waals surface area contributed by atoms with E-state index in [0.29, 0.717) is 13.2 Å². The normalized spacial score (nSPS) is 10.4. The molecule has 17 heavy (non-hydrogen) atoms. The van der Waals surface area contributed by atoms with Crippen LogP contribution in [0.1, 0.15) is 16.9 Å². The highest BCUT2D eigenvalue weighted by atomic mass is 32.1. The minimum atomic E-state index is 0.652. The Bertz CT molecular complexity index is 347. The Hall–Kier alpha value is -0.930. The molecule has 1 aromatic rings. The van der Waals surface area contributed by atoms with E-state index in [2.05, 4.69) is 11.4 Å². The van der Waals surface area contributed by atoms with Gasteiger partial charge in [-0.3, -0.25) is 0 Å². The summed E-state index contributed by atoms with van der Waals surface area (Å²) in [5.41, 5.74) is 0.745. The maximum atomic E-state index is 8.67. The molecule has 0 amide bonds. The molecule has 0 radical (unpaired) electrons. The highest BCUT2D eigenvalue weighted by Crippen LogP contribution is 2.13. The first-order valence-corrected chi connectivity index (χ1v) is 6.49. The molecule has 0 aliphatic heterocycles. The van der Waals surface area contributed by atoms with Crippen LogP contribution in [-0.4, -0.2) is 33.5 Å². The lowest BCUT2D eigenvalue weighted by atomic mass is 10.3. The van der Waals surface area contributed by atoms with E-state index in [1.165, 1.54) is 4.88 Å². The molecule has 4 nitrogen and oxygen atoms in total. The molecule has 0 aliphatic rings. The number of nitrogens with zero attached hydrogens (tertiary/aromatic N) is 1. The summed E-state index contributed by atoms with van der Waals surface area (Å²) in [6, 6.07) is 4.05. The summed E-state index contributed by atoms with van der Waals surface area (Å²) in [6.45, 7) is 3.81. The van der Waals surface area contributed by atoms with Crippen LogP contribution >= 0.6 is 11.3 Å². The van der Waals surface area contributed by atoms with Crippen molar-refractivity contribution in [3.8, 4) is 6.07 Å². The van der Waals surface area contributed by atoms with Crippen molar-refractivity contribution in [3.63, 3.8) is 0 Å². The van der Waals surface area contributed by atoms with Crippen molar-refractivity contribution >= 4 is 11.3 Å². The fourth-order valence-electron chi connectivity index (χ4n) is 1.29. The van der Waals surface area contributed by atoms with E-state index in [0.717, 1.165) is 31.7 Å². The number of rotatable bonds is 9. The molecule has 0 saturated carbocycles. The molecule has 0 spiro atoms. The van der Waals surface area contributed by atoms with E-state index >= 15 is 0 Å². The molecule has 0 saturated heterocycles. The Morgan fingerprint density at radius 2 is 2.29 bits per heavy atom. The zero-order chi connectivity index (χ0) is 12.3. The van der Waals surface area contributed by atoms with Crippen LogP contribution in [0, 0.1) is 11.3 Å². The quantitative estimate of drug-likeness (QED) is 0.682. The van der Waals surface area contributed by atoms with E-state index < -0.39 is 0 Å². The van der Waals surface area contributed by atoms with Crippen LogP contribution < -0.4 is 5.32 Å². The molecule has 0 fully saturated rings. The second kappa shape index (κ2) is 9.14. The van der Waals surface area contributed by atoms with Crippen molar-refractivity contribution in [2.45, 2.75) is 13.0 Å². The second-order valence-electron chi connectivity index (χ2n) is 3.55. The van der Waals surface area contributed by atoms with Crippen molar-refractivity contribution < 1.29 is 9.47 Å². The third-order valence-corrected chi connectivity index (χ3v) is 3.09. The number of nitriles is 1. The fourth-order valence-corrected chi connectivity index (χ4v) is 2.07. The molecular weight excluding hydrogens is 236 g/mol. The van der Waals surface area contributed by atoms with Crippen LogP contribution in [0.3, 0.4) is 0 Å². The lowest BCUT2D eigenvalue weighted by Crippen LogP contribution is -2.16. The zero-order valence-electron chi connectivity index (χ0n) is 10.1. The zero-order valence-corrected chi connectivity index (χ0v) is 10.9. The Morgan fingerprint density at radius 1 is 1.41 bits per heavy atom. The highest BCUT2D eigenvalue weighted by molar-refractivity contribution is 7.10. The smallest absolute Gasteiger partial charge is 0.100 e. The molecule has 0 bridgehead atoms. The lowest BCUT2D eigenvalue weighted by Gasteiger charge is -2.04. The van der Waals surface area contributed by atoms with Gasteiger partial charge in [-0.05, 0) is 19.0 Å². The molecule has 0 unspecified atom stereocenters. The molecule has 0 atom stereocenters. The van der Waals surface area contributed by atoms with Gasteiger partial charge in [-0.25, -0.2) is 0 Å². The molecule has 1 N–H and O–H groups in total. The molecule has 94 valence electrons. The van der Waals surface area contributed by atoms with Gasteiger partial charge in [0.25, 0.3) is 0 Å². The fraction of sp³-hybridized carbons (Fsp3) is 0.583. The van der Waals surface area contributed by atoms with Gasteiger partial charge in [0.05, 0.1) is 18.8 Å². The van der Waals surface area contributed by atoms with Gasteiger partial charge in [0.15, 0.2) is 0 Å². The van der Waals surface area contributed by atoms with Crippen LogP contribution in [0.25, 0.3) is 0 Å². The van der Waals surface area contributed by atoms with E-state index in [1.807, 2.05) is 11.4 Å². The summed E-state index contributed by atoms with van der Waals surface area (Å²) < 4.78 is 10.2. The number of hydrogen-bond donors (Lipinski definition) is 1. The number of nitrogens with one attached hydrogen (secondary N) is 1.